The van der Waals surface area contributed by atoms with Crippen molar-refractivity contribution < 1.29 is 26.7 Å². The molecule has 0 N–H and O–H groups in total. The Kier molecular flexibility index (Phi) is 9.02. The quantitative estimate of drug-likeness (QED) is 0.101. The summed E-state index contributed by atoms with van der Waals surface area (Å²) in [5, 5.41) is -0.560. The van der Waals surface area contributed by atoms with Crippen molar-refractivity contribution >= 4 is 58.2 Å². The highest BCUT2D eigenvalue weighted by atomic mass is 35.5. The molecule has 250 valence electrons. The number of aromatic nitrogens is 4. The van der Waals surface area contributed by atoms with Crippen molar-refractivity contribution in [3.05, 3.63) is 82.0 Å². The van der Waals surface area contributed by atoms with E-state index >= 15 is 17.6 Å². The van der Waals surface area contributed by atoms with Gasteiger partial charge < -0.3 is 9.80 Å². The van der Waals surface area contributed by atoms with Gasteiger partial charge in [0.25, 0.3) is 0 Å². The predicted octanol–water partition coefficient (Wildman–Crippen LogP) is 6.54. The molecule has 9 nitrogen and oxygen atoms in total. The van der Waals surface area contributed by atoms with Crippen molar-refractivity contribution in [1.29, 1.82) is 0 Å². The first-order valence-electron chi connectivity index (χ1n) is 14.8. The van der Waals surface area contributed by atoms with Gasteiger partial charge in [0, 0.05) is 89.5 Å². The Labute approximate surface area is 280 Å². The van der Waals surface area contributed by atoms with E-state index in [9.17, 15) is 14.0 Å². The highest BCUT2D eigenvalue weighted by Gasteiger charge is 2.40. The number of aliphatic imine (C=N–C) groups is 1. The molecule has 1 unspecified atom stereocenters. The van der Waals surface area contributed by atoms with E-state index in [1.807, 2.05) is 0 Å². The summed E-state index contributed by atoms with van der Waals surface area (Å²) in [7, 11) is 0. The summed E-state index contributed by atoms with van der Waals surface area (Å²) in [5.74, 6) is -2.93. The highest BCUT2D eigenvalue weighted by Crippen LogP contribution is 2.49. The van der Waals surface area contributed by atoms with E-state index in [4.69, 9.17) is 11.6 Å². The van der Waals surface area contributed by atoms with Gasteiger partial charge >= 0.3 is 11.9 Å². The number of carbonyl (C=O) groups excluding carboxylic acids is 1. The number of halogens is 6. The molecule has 3 atom stereocenters. The third-order valence-electron chi connectivity index (χ3n) is 8.24. The van der Waals surface area contributed by atoms with E-state index in [0.29, 0.717) is 6.07 Å². The van der Waals surface area contributed by atoms with Gasteiger partial charge in [-0.25, -0.2) is 28.5 Å². The van der Waals surface area contributed by atoms with Gasteiger partial charge in [-0.05, 0) is 38.1 Å². The third-order valence-corrected chi connectivity index (χ3v) is 9.81. The molecule has 2 aromatic heterocycles. The van der Waals surface area contributed by atoms with Gasteiger partial charge in [0.1, 0.15) is 17.5 Å². The minimum absolute atomic E-state index is 0.00281. The van der Waals surface area contributed by atoms with Crippen molar-refractivity contribution in [1.82, 2.24) is 24.4 Å². The summed E-state index contributed by atoms with van der Waals surface area (Å²) in [4.78, 5) is 46.4. The first-order valence-corrected chi connectivity index (χ1v) is 16.1. The SMILES string of the molecule is C=CC(=O)N1[C@H](C)CN(c2nc(=O)n3c4c(c(-c5cc(Cl)c(F)cc5F)c(C(F)(F)F)cc24)SCC(/C=N\c2ncccn2)C3)C[C@@H]1C. The van der Waals surface area contributed by atoms with Crippen LogP contribution in [0.3, 0.4) is 0 Å². The third kappa shape index (κ3) is 6.16. The van der Waals surface area contributed by atoms with Crippen molar-refractivity contribution in [2.45, 2.75) is 43.5 Å². The summed E-state index contributed by atoms with van der Waals surface area (Å²) in [6, 6.07) is 2.91. The van der Waals surface area contributed by atoms with E-state index in [1.54, 1.807) is 29.7 Å². The molecule has 0 bridgehead atoms. The monoisotopic (exact) mass is 703 g/mol. The molecule has 0 aliphatic carbocycles. The molecular weight excluding hydrogens is 677 g/mol. The second kappa shape index (κ2) is 12.9. The lowest BCUT2D eigenvalue weighted by molar-refractivity contribution is -0.137. The standard InChI is InChI=1S/C32H27ClF5N7O2S/c1-4-25(46)45-16(2)12-43(13-17(45)3)29-20-8-21(32(36,37)38)26(19-9-22(33)24(35)10-23(19)34)28-27(20)44(31(47)42-29)14-18(15-48-28)11-41-30-39-6-5-7-40-30/h4-11,16-18H,1,12-15H2,2-3H3/b41-11-/t16-,17+,18?. The molecule has 2 aromatic carbocycles. The largest absolute Gasteiger partial charge is 0.417 e. The van der Waals surface area contributed by atoms with Crippen LogP contribution in [0.1, 0.15) is 19.4 Å². The number of benzene rings is 2. The topological polar surface area (TPSA) is 96.6 Å². The van der Waals surface area contributed by atoms with E-state index in [2.05, 4.69) is 26.5 Å². The van der Waals surface area contributed by atoms with Crippen molar-refractivity contribution in [3.8, 4) is 11.1 Å². The molecule has 0 radical (unpaired) electrons. The van der Waals surface area contributed by atoms with Crippen molar-refractivity contribution in [3.63, 3.8) is 0 Å². The normalized spacial score (nSPS) is 20.0. The molecule has 48 heavy (non-hydrogen) atoms. The zero-order chi connectivity index (χ0) is 34.5. The Hall–Kier alpha value is -4.37. The van der Waals surface area contributed by atoms with Crippen LogP contribution in [0.15, 0.2) is 64.0 Å². The molecule has 6 rings (SSSR count). The number of anilines is 1. The van der Waals surface area contributed by atoms with Crippen LogP contribution in [-0.2, 0) is 17.5 Å². The summed E-state index contributed by atoms with van der Waals surface area (Å²) in [6.07, 6.45) is 0.684. The molecule has 1 fully saturated rings. The van der Waals surface area contributed by atoms with Crippen molar-refractivity contribution in [2.75, 3.05) is 23.7 Å². The lowest BCUT2D eigenvalue weighted by Gasteiger charge is -2.44. The van der Waals surface area contributed by atoms with Gasteiger partial charge in [-0.2, -0.15) is 18.2 Å². The molecule has 0 saturated carbocycles. The fourth-order valence-corrected chi connectivity index (χ4v) is 7.74. The summed E-state index contributed by atoms with van der Waals surface area (Å²) in [5.41, 5.74) is -2.99. The Morgan fingerprint density at radius 1 is 1.08 bits per heavy atom. The Morgan fingerprint density at radius 2 is 1.77 bits per heavy atom. The Morgan fingerprint density at radius 3 is 2.42 bits per heavy atom. The maximum absolute atomic E-state index is 15.4. The number of nitrogens with zero attached hydrogens (tertiary/aromatic N) is 7. The Balaban J connectivity index is 1.61. The summed E-state index contributed by atoms with van der Waals surface area (Å²) >= 11 is 6.96. The van der Waals surface area contributed by atoms with E-state index in [0.717, 1.165) is 23.9 Å². The number of alkyl halides is 3. The smallest absolute Gasteiger partial charge is 0.352 e. The maximum atomic E-state index is 15.4. The first-order chi connectivity index (χ1) is 22.8. The Bertz CT molecular complexity index is 2010. The number of carbonyl (C=O) groups is 1. The molecule has 4 heterocycles. The van der Waals surface area contributed by atoms with Gasteiger partial charge in [0.05, 0.1) is 16.1 Å². The van der Waals surface area contributed by atoms with Crippen LogP contribution in [0.4, 0.5) is 33.7 Å². The van der Waals surface area contributed by atoms with Gasteiger partial charge in [-0.15, -0.1) is 11.8 Å². The minimum Gasteiger partial charge on any atom is -0.352 e. The van der Waals surface area contributed by atoms with Gasteiger partial charge in [-0.3, -0.25) is 9.36 Å². The van der Waals surface area contributed by atoms with Crippen LogP contribution in [0.5, 0.6) is 0 Å². The molecular formula is C32H27ClF5N7O2S. The number of thioether (sulfide) groups is 1. The molecule has 1 amide bonds. The second-order valence-corrected chi connectivity index (χ2v) is 13.0. The van der Waals surface area contributed by atoms with Gasteiger partial charge in [-0.1, -0.05) is 18.2 Å². The van der Waals surface area contributed by atoms with Gasteiger partial charge in [0.2, 0.25) is 11.9 Å². The van der Waals surface area contributed by atoms with Crippen LogP contribution in [0, 0.1) is 17.6 Å². The zero-order valence-electron chi connectivity index (χ0n) is 25.5. The van der Waals surface area contributed by atoms with Crippen LogP contribution >= 0.6 is 23.4 Å². The zero-order valence-corrected chi connectivity index (χ0v) is 27.1. The average Bonchev–Trinajstić information content (AvgIpc) is 3.23. The van der Waals surface area contributed by atoms with E-state index in [1.165, 1.54) is 29.3 Å². The number of piperazine rings is 1. The van der Waals surface area contributed by atoms with Crippen molar-refractivity contribution in [2.24, 2.45) is 10.9 Å². The minimum atomic E-state index is -5.01. The first kappa shape index (κ1) is 33.5. The fraction of sp³-hybridized carbons (Fsp3) is 0.312. The second-order valence-electron chi connectivity index (χ2n) is 11.5. The molecule has 2 aliphatic heterocycles. The average molecular weight is 704 g/mol. The summed E-state index contributed by atoms with van der Waals surface area (Å²) < 4.78 is 76.0. The molecule has 2 aliphatic rings. The molecule has 1 saturated heterocycles. The predicted molar refractivity (Wildman–Crippen MR) is 174 cm³/mol. The molecule has 0 spiro atoms. The lowest BCUT2D eigenvalue weighted by atomic mass is 9.95. The van der Waals surface area contributed by atoms with Crippen LogP contribution < -0.4 is 10.6 Å². The lowest BCUT2D eigenvalue weighted by Crippen LogP contribution is -2.58. The number of hydrogen-bond acceptors (Lipinski definition) is 8. The van der Waals surface area contributed by atoms with Crippen LogP contribution in [0.2, 0.25) is 5.02 Å². The van der Waals surface area contributed by atoms with Crippen LogP contribution in [-0.4, -0.2) is 67.5 Å². The maximum Gasteiger partial charge on any atom is 0.417 e. The number of rotatable bonds is 5. The number of hydrogen-bond donors (Lipinski definition) is 0. The van der Waals surface area contributed by atoms with Crippen LogP contribution in [0.25, 0.3) is 22.0 Å². The highest BCUT2D eigenvalue weighted by molar-refractivity contribution is 7.99. The summed E-state index contributed by atoms with van der Waals surface area (Å²) in [6.45, 7) is 7.42. The number of amides is 1. The van der Waals surface area contributed by atoms with Gasteiger partial charge in [0.15, 0.2) is 0 Å². The molecule has 16 heteroatoms. The molecule has 4 aromatic rings. The van der Waals surface area contributed by atoms with E-state index < -0.39 is 63.2 Å². The van der Waals surface area contributed by atoms with E-state index in [-0.39, 0.29) is 58.9 Å². The fourth-order valence-electron chi connectivity index (χ4n) is 6.28.